The largest absolute Gasteiger partial charge is 0.353 e. The second-order valence-corrected chi connectivity index (χ2v) is 5.49. The van der Waals surface area contributed by atoms with Crippen molar-refractivity contribution in [3.05, 3.63) is 11.3 Å². The van der Waals surface area contributed by atoms with E-state index in [0.29, 0.717) is 18.5 Å². The lowest BCUT2D eigenvalue weighted by molar-refractivity contribution is 0.586. The summed E-state index contributed by atoms with van der Waals surface area (Å²) < 4.78 is 2.00. The second kappa shape index (κ2) is 4.69. The van der Waals surface area contributed by atoms with Crippen molar-refractivity contribution in [1.29, 1.82) is 0 Å². The number of nitrogens with two attached hydrogens (primary N) is 1. The van der Waals surface area contributed by atoms with Crippen LogP contribution in [0.5, 0.6) is 0 Å². The molecule has 0 unspecified atom stereocenters. The molecule has 2 rings (SSSR count). The Kier molecular flexibility index (Phi) is 3.43. The van der Waals surface area contributed by atoms with Gasteiger partial charge >= 0.3 is 0 Å². The Hall–Kier alpha value is -1.03. The van der Waals surface area contributed by atoms with Crippen LogP contribution in [0.25, 0.3) is 0 Å². The summed E-state index contributed by atoms with van der Waals surface area (Å²) in [6, 6.07) is 0.706. The molecular weight excluding hydrogens is 212 g/mol. The van der Waals surface area contributed by atoms with E-state index in [2.05, 4.69) is 23.8 Å². The molecule has 0 aliphatic heterocycles. The van der Waals surface area contributed by atoms with Gasteiger partial charge in [-0.25, -0.2) is 0 Å². The second-order valence-electron chi connectivity index (χ2n) is 5.49. The molecule has 0 saturated heterocycles. The fourth-order valence-electron chi connectivity index (χ4n) is 2.48. The summed E-state index contributed by atoms with van der Waals surface area (Å²) in [5.74, 6) is 1.90. The van der Waals surface area contributed by atoms with E-state index in [4.69, 9.17) is 5.73 Å². The molecule has 0 spiro atoms. The Morgan fingerprint density at radius 1 is 1.47 bits per heavy atom. The molecule has 1 fully saturated rings. The maximum absolute atomic E-state index is 5.87. The third-order valence-corrected chi connectivity index (χ3v) is 3.34. The van der Waals surface area contributed by atoms with E-state index in [0.717, 1.165) is 12.2 Å². The van der Waals surface area contributed by atoms with Crippen molar-refractivity contribution in [2.45, 2.75) is 46.2 Å². The first-order valence-electron chi connectivity index (χ1n) is 6.53. The number of aromatic nitrogens is 2. The van der Waals surface area contributed by atoms with Crippen LogP contribution < -0.4 is 10.6 Å². The average Bonchev–Trinajstić information content (AvgIpc) is 3.01. The first kappa shape index (κ1) is 12.4. The van der Waals surface area contributed by atoms with E-state index in [9.17, 15) is 0 Å². The highest BCUT2D eigenvalue weighted by Crippen LogP contribution is 2.34. The molecule has 2 N–H and O–H groups in total. The molecule has 0 bridgehead atoms. The maximum Gasteiger partial charge on any atom is 0.131 e. The van der Waals surface area contributed by atoms with Crippen LogP contribution in [-0.4, -0.2) is 22.4 Å². The third kappa shape index (κ3) is 2.46. The van der Waals surface area contributed by atoms with Crippen LogP contribution in [0, 0.1) is 12.8 Å². The van der Waals surface area contributed by atoms with Gasteiger partial charge in [0.15, 0.2) is 0 Å². The van der Waals surface area contributed by atoms with Gasteiger partial charge in [-0.2, -0.15) is 5.10 Å². The fourth-order valence-corrected chi connectivity index (χ4v) is 2.48. The molecule has 1 heterocycles. The summed E-state index contributed by atoms with van der Waals surface area (Å²) in [6.45, 7) is 8.25. The molecule has 1 saturated carbocycles. The zero-order chi connectivity index (χ0) is 12.6. The normalized spacial score (nSPS) is 15.6. The molecule has 0 atom stereocenters. The van der Waals surface area contributed by atoms with Crippen molar-refractivity contribution in [3.8, 4) is 0 Å². The lowest BCUT2D eigenvalue weighted by Gasteiger charge is -2.27. The van der Waals surface area contributed by atoms with Gasteiger partial charge in [0.05, 0.1) is 5.69 Å². The van der Waals surface area contributed by atoms with Crippen molar-refractivity contribution in [2.24, 2.45) is 18.7 Å². The summed E-state index contributed by atoms with van der Waals surface area (Å²) in [6.07, 6.45) is 2.61. The maximum atomic E-state index is 5.87. The van der Waals surface area contributed by atoms with Gasteiger partial charge in [0.25, 0.3) is 0 Å². The number of aryl methyl sites for hydroxylation is 2. The molecule has 4 nitrogen and oxygen atoms in total. The monoisotopic (exact) mass is 236 g/mol. The standard InChI is InChI=1S/C13H24N4/c1-9(2)8-17(11-5-6-11)13-12(7-14)10(3)15-16(13)4/h9,11H,5-8,14H2,1-4H3. The Bertz CT molecular complexity index is 390. The van der Waals surface area contributed by atoms with Crippen LogP contribution in [-0.2, 0) is 13.6 Å². The lowest BCUT2D eigenvalue weighted by atomic mass is 10.1. The van der Waals surface area contributed by atoms with E-state index >= 15 is 0 Å². The predicted molar refractivity (Wildman–Crippen MR) is 71.0 cm³/mol. The van der Waals surface area contributed by atoms with Crippen LogP contribution >= 0.6 is 0 Å². The predicted octanol–water partition coefficient (Wildman–Crippen LogP) is 1.81. The van der Waals surface area contributed by atoms with Gasteiger partial charge in [0.1, 0.15) is 5.82 Å². The lowest BCUT2D eigenvalue weighted by Crippen LogP contribution is -2.32. The molecule has 1 aromatic heterocycles. The highest BCUT2D eigenvalue weighted by atomic mass is 15.4. The van der Waals surface area contributed by atoms with E-state index < -0.39 is 0 Å². The molecule has 0 radical (unpaired) electrons. The summed E-state index contributed by atoms with van der Waals surface area (Å²) in [5, 5.41) is 4.52. The van der Waals surface area contributed by atoms with Gasteiger partial charge in [-0.3, -0.25) is 4.68 Å². The minimum atomic E-state index is 0.580. The van der Waals surface area contributed by atoms with Gasteiger partial charge in [-0.1, -0.05) is 13.8 Å². The van der Waals surface area contributed by atoms with Gasteiger partial charge in [-0.05, 0) is 25.7 Å². The Labute approximate surface area is 104 Å². The molecule has 17 heavy (non-hydrogen) atoms. The topological polar surface area (TPSA) is 47.1 Å². The van der Waals surface area contributed by atoms with E-state index in [1.165, 1.54) is 24.2 Å². The SMILES string of the molecule is Cc1nn(C)c(N(CC(C)C)C2CC2)c1CN. The summed E-state index contributed by atoms with van der Waals surface area (Å²) in [4.78, 5) is 2.51. The van der Waals surface area contributed by atoms with Crippen LogP contribution in [0.3, 0.4) is 0 Å². The summed E-state index contributed by atoms with van der Waals surface area (Å²) >= 11 is 0. The molecule has 1 aliphatic carbocycles. The van der Waals surface area contributed by atoms with E-state index in [1.807, 2.05) is 18.7 Å². The third-order valence-electron chi connectivity index (χ3n) is 3.34. The van der Waals surface area contributed by atoms with Crippen molar-refractivity contribution >= 4 is 5.82 Å². The van der Waals surface area contributed by atoms with Crippen LogP contribution in [0.1, 0.15) is 37.9 Å². The van der Waals surface area contributed by atoms with Crippen molar-refractivity contribution in [3.63, 3.8) is 0 Å². The minimum absolute atomic E-state index is 0.580. The highest BCUT2D eigenvalue weighted by molar-refractivity contribution is 5.52. The molecule has 0 aromatic carbocycles. The van der Waals surface area contributed by atoms with Gasteiger partial charge < -0.3 is 10.6 Å². The Morgan fingerprint density at radius 3 is 2.59 bits per heavy atom. The molecule has 4 heteroatoms. The number of anilines is 1. The molecule has 0 amide bonds. The van der Waals surface area contributed by atoms with Gasteiger partial charge in [0, 0.05) is 31.7 Å². The van der Waals surface area contributed by atoms with Crippen LogP contribution in [0.2, 0.25) is 0 Å². The molecule has 1 aromatic rings. The average molecular weight is 236 g/mol. The van der Waals surface area contributed by atoms with Crippen molar-refractivity contribution < 1.29 is 0 Å². The zero-order valence-corrected chi connectivity index (χ0v) is 11.4. The van der Waals surface area contributed by atoms with Crippen LogP contribution in [0.15, 0.2) is 0 Å². The highest BCUT2D eigenvalue weighted by Gasteiger charge is 2.32. The molecular formula is C13H24N4. The van der Waals surface area contributed by atoms with E-state index in [-0.39, 0.29) is 0 Å². The summed E-state index contributed by atoms with van der Waals surface area (Å²) in [5.41, 5.74) is 8.15. The number of hydrogen-bond donors (Lipinski definition) is 1. The van der Waals surface area contributed by atoms with Crippen molar-refractivity contribution in [1.82, 2.24) is 9.78 Å². The number of hydrogen-bond acceptors (Lipinski definition) is 3. The first-order valence-corrected chi connectivity index (χ1v) is 6.53. The zero-order valence-electron chi connectivity index (χ0n) is 11.4. The van der Waals surface area contributed by atoms with Gasteiger partial charge in [0.2, 0.25) is 0 Å². The quantitative estimate of drug-likeness (QED) is 0.848. The Balaban J connectivity index is 2.34. The smallest absolute Gasteiger partial charge is 0.131 e. The van der Waals surface area contributed by atoms with E-state index in [1.54, 1.807) is 0 Å². The van der Waals surface area contributed by atoms with Crippen LogP contribution in [0.4, 0.5) is 5.82 Å². The van der Waals surface area contributed by atoms with Gasteiger partial charge in [-0.15, -0.1) is 0 Å². The molecule has 96 valence electrons. The minimum Gasteiger partial charge on any atom is -0.353 e. The molecule has 1 aliphatic rings. The number of rotatable bonds is 5. The fraction of sp³-hybridized carbons (Fsp3) is 0.769. The number of nitrogens with zero attached hydrogens (tertiary/aromatic N) is 3. The first-order chi connectivity index (χ1) is 8.04. The summed E-state index contributed by atoms with van der Waals surface area (Å²) in [7, 11) is 2.02. The van der Waals surface area contributed by atoms with Crippen molar-refractivity contribution in [2.75, 3.05) is 11.4 Å². The Morgan fingerprint density at radius 2 is 2.12 bits per heavy atom.